The third kappa shape index (κ3) is 5.69. The lowest BCUT2D eigenvalue weighted by Gasteiger charge is -2.35. The molecular formula is C33H39N11OS. The number of rotatable bonds is 8. The van der Waals surface area contributed by atoms with Crippen molar-refractivity contribution in [2.75, 3.05) is 49.9 Å². The number of nitrogens with one attached hydrogen (secondary N) is 1. The van der Waals surface area contributed by atoms with Crippen molar-refractivity contribution in [2.24, 2.45) is 12.5 Å². The lowest BCUT2D eigenvalue weighted by molar-refractivity contribution is -0.125. The first-order valence-corrected chi connectivity index (χ1v) is 16.6. The molecule has 0 saturated carbocycles. The molecule has 3 N–H and O–H groups in total. The van der Waals surface area contributed by atoms with E-state index >= 15 is 0 Å². The van der Waals surface area contributed by atoms with Gasteiger partial charge in [0.05, 0.1) is 26.7 Å². The average Bonchev–Trinajstić information content (AvgIpc) is 3.87. The van der Waals surface area contributed by atoms with Crippen LogP contribution >= 0.6 is 11.3 Å². The lowest BCUT2D eigenvalue weighted by atomic mass is 9.85. The predicted molar refractivity (Wildman–Crippen MR) is 179 cm³/mol. The molecule has 1 amide bonds. The van der Waals surface area contributed by atoms with Crippen LogP contribution < -0.4 is 10.6 Å². The zero-order valence-electron chi connectivity index (χ0n) is 26.3. The van der Waals surface area contributed by atoms with Gasteiger partial charge in [0, 0.05) is 75.0 Å². The largest absolute Gasteiger partial charge is 0.397 e. The number of anilines is 2. The molecule has 3 fully saturated rings. The van der Waals surface area contributed by atoms with Crippen LogP contribution in [0.15, 0.2) is 55.3 Å². The number of aromatic nitrogens is 6. The van der Waals surface area contributed by atoms with Crippen LogP contribution in [0.1, 0.15) is 53.6 Å². The Hall–Kier alpha value is -4.49. The molecule has 238 valence electrons. The summed E-state index contributed by atoms with van der Waals surface area (Å²) in [6.07, 6.45) is 8.94. The summed E-state index contributed by atoms with van der Waals surface area (Å²) in [7, 11) is 1.87. The Morgan fingerprint density at radius 1 is 1.09 bits per heavy atom. The van der Waals surface area contributed by atoms with Gasteiger partial charge in [-0.1, -0.05) is 6.58 Å². The summed E-state index contributed by atoms with van der Waals surface area (Å²) in [6.45, 7) is 11.2. The van der Waals surface area contributed by atoms with Gasteiger partial charge in [-0.2, -0.15) is 5.10 Å². The molecule has 0 aromatic carbocycles. The number of pyridine rings is 2. The van der Waals surface area contributed by atoms with E-state index in [1.165, 1.54) is 0 Å². The third-order valence-corrected chi connectivity index (χ3v) is 10.8. The molecule has 0 radical (unpaired) electrons. The monoisotopic (exact) mass is 637 g/mol. The predicted octanol–water partition coefficient (Wildman–Crippen LogP) is 3.86. The van der Waals surface area contributed by atoms with Gasteiger partial charge in [0.1, 0.15) is 17.8 Å². The van der Waals surface area contributed by atoms with Crippen molar-refractivity contribution in [1.29, 1.82) is 5.41 Å². The van der Waals surface area contributed by atoms with Gasteiger partial charge in [0.15, 0.2) is 5.82 Å². The van der Waals surface area contributed by atoms with Gasteiger partial charge in [0.2, 0.25) is 5.91 Å². The second-order valence-electron chi connectivity index (χ2n) is 12.8. The van der Waals surface area contributed by atoms with Crippen molar-refractivity contribution < 1.29 is 4.79 Å². The molecule has 1 spiro atoms. The fourth-order valence-electron chi connectivity index (χ4n) is 6.91. The summed E-state index contributed by atoms with van der Waals surface area (Å²) < 4.78 is 1.71. The molecule has 7 heterocycles. The van der Waals surface area contributed by atoms with Crippen LogP contribution in [0, 0.1) is 17.7 Å². The second kappa shape index (κ2) is 12.0. The minimum Gasteiger partial charge on any atom is -0.397 e. The van der Waals surface area contributed by atoms with Gasteiger partial charge < -0.3 is 10.6 Å². The molecule has 3 aliphatic heterocycles. The molecule has 13 heteroatoms. The summed E-state index contributed by atoms with van der Waals surface area (Å²) in [5, 5.41) is 14.3. The van der Waals surface area contributed by atoms with E-state index in [0.29, 0.717) is 41.8 Å². The van der Waals surface area contributed by atoms with Crippen LogP contribution in [-0.4, -0.2) is 90.4 Å². The highest BCUT2D eigenvalue weighted by atomic mass is 32.1. The summed E-state index contributed by atoms with van der Waals surface area (Å²) >= 11 is 1.69. The molecule has 4 aromatic rings. The number of carbonyl (C=O) groups is 1. The van der Waals surface area contributed by atoms with Crippen LogP contribution in [0.2, 0.25) is 0 Å². The van der Waals surface area contributed by atoms with Gasteiger partial charge in [0.25, 0.3) is 0 Å². The lowest BCUT2D eigenvalue weighted by Crippen LogP contribution is -2.39. The first-order chi connectivity index (χ1) is 22.2. The van der Waals surface area contributed by atoms with E-state index in [4.69, 9.17) is 21.1 Å². The van der Waals surface area contributed by atoms with Gasteiger partial charge in [-0.15, -0.1) is 11.3 Å². The Balaban J connectivity index is 0.944. The maximum atomic E-state index is 13.9. The number of amides is 1. The maximum absolute atomic E-state index is 13.9. The number of hydrogen-bond acceptors (Lipinski definition) is 11. The standard InChI is InChI=1S/C33H39N11OS/c1-21-4-5-24(16-36-21)28(35)29-25(34)6-7-27(39-29)44-15-11-33(32(44)45)10-14-42(19-33)18-22(2)43-12-8-23(9-13-43)31-37-17-26(46-31)30-38-20-41(3)40-30/h4-7,16-17,20,23,35H,2,8-15,18-19,34H2,1,3H3/t33-/m0/s1. The van der Waals surface area contributed by atoms with Crippen molar-refractivity contribution in [2.45, 2.75) is 38.5 Å². The minimum absolute atomic E-state index is 0.108. The van der Waals surface area contributed by atoms with Gasteiger partial charge in [-0.05, 0) is 63.4 Å². The number of likely N-dealkylation sites (tertiary alicyclic amines) is 2. The van der Waals surface area contributed by atoms with Crippen LogP contribution in [0.4, 0.5) is 11.5 Å². The third-order valence-electron chi connectivity index (χ3n) is 9.61. The summed E-state index contributed by atoms with van der Waals surface area (Å²) in [4.78, 5) is 39.6. The smallest absolute Gasteiger partial charge is 0.235 e. The average molecular weight is 638 g/mol. The summed E-state index contributed by atoms with van der Waals surface area (Å²) in [5.41, 5.74) is 9.41. The van der Waals surface area contributed by atoms with Crippen LogP contribution in [0.5, 0.6) is 0 Å². The van der Waals surface area contributed by atoms with Crippen LogP contribution in [0.3, 0.4) is 0 Å². The fraction of sp³-hybridized carbons (Fsp3) is 0.424. The van der Waals surface area contributed by atoms with Gasteiger partial charge >= 0.3 is 0 Å². The molecule has 0 bridgehead atoms. The fourth-order valence-corrected chi connectivity index (χ4v) is 7.93. The molecular weight excluding hydrogens is 599 g/mol. The van der Waals surface area contributed by atoms with Crippen molar-refractivity contribution in [3.8, 4) is 10.7 Å². The highest BCUT2D eigenvalue weighted by Crippen LogP contribution is 2.43. The van der Waals surface area contributed by atoms with Gasteiger partial charge in [-0.3, -0.25) is 29.7 Å². The quantitative estimate of drug-likeness (QED) is 0.275. The molecule has 1 atom stereocenters. The molecule has 0 unspecified atom stereocenters. The molecule has 3 aliphatic rings. The number of nitrogens with two attached hydrogens (primary N) is 1. The zero-order valence-corrected chi connectivity index (χ0v) is 27.1. The van der Waals surface area contributed by atoms with E-state index in [0.717, 1.165) is 79.0 Å². The normalized spacial score (nSPS) is 20.7. The first-order valence-electron chi connectivity index (χ1n) is 15.8. The molecule has 0 aliphatic carbocycles. The number of piperidine rings is 1. The van der Waals surface area contributed by atoms with Crippen molar-refractivity contribution in [1.82, 2.24) is 39.5 Å². The topological polar surface area (TPSA) is 146 Å². The van der Waals surface area contributed by atoms with Crippen molar-refractivity contribution >= 4 is 34.5 Å². The summed E-state index contributed by atoms with van der Waals surface area (Å²) in [5.74, 6) is 1.82. The number of hydrogen-bond donors (Lipinski definition) is 2. The second-order valence-corrected chi connectivity index (χ2v) is 13.8. The zero-order chi connectivity index (χ0) is 32.0. The number of nitrogen functional groups attached to an aromatic ring is 1. The van der Waals surface area contributed by atoms with E-state index in [9.17, 15) is 4.79 Å². The van der Waals surface area contributed by atoms with E-state index in [1.54, 1.807) is 45.6 Å². The number of aryl methyl sites for hydroxylation is 2. The Morgan fingerprint density at radius 2 is 1.89 bits per heavy atom. The Labute approximate surface area is 272 Å². The highest BCUT2D eigenvalue weighted by molar-refractivity contribution is 7.15. The molecule has 4 aromatic heterocycles. The molecule has 12 nitrogen and oxygen atoms in total. The van der Waals surface area contributed by atoms with Crippen molar-refractivity contribution in [3.63, 3.8) is 0 Å². The van der Waals surface area contributed by atoms with Crippen LogP contribution in [0.25, 0.3) is 10.7 Å². The Morgan fingerprint density at radius 3 is 2.63 bits per heavy atom. The minimum atomic E-state index is -0.421. The first kappa shape index (κ1) is 30.2. The molecule has 46 heavy (non-hydrogen) atoms. The van der Waals surface area contributed by atoms with Crippen LogP contribution in [-0.2, 0) is 11.8 Å². The Bertz CT molecular complexity index is 1790. The van der Waals surface area contributed by atoms with E-state index in [1.807, 2.05) is 32.3 Å². The molecule has 7 rings (SSSR count). The van der Waals surface area contributed by atoms with Crippen molar-refractivity contribution in [3.05, 3.63) is 77.2 Å². The molecule has 3 saturated heterocycles. The van der Waals surface area contributed by atoms with E-state index < -0.39 is 5.41 Å². The highest BCUT2D eigenvalue weighted by Gasteiger charge is 2.51. The number of carbonyl (C=O) groups excluding carboxylic acids is 1. The Kier molecular flexibility index (Phi) is 7.89. The summed E-state index contributed by atoms with van der Waals surface area (Å²) in [6, 6.07) is 7.23. The number of thiazole rings is 1. The van der Waals surface area contributed by atoms with E-state index in [-0.39, 0.29) is 11.6 Å². The SMILES string of the molecule is C=C(CN1CC[C@]2(CCN(c3ccc(N)c(C(=N)c4ccc(C)nc4)n3)C2=O)C1)N1CCC(c2ncc(-c3ncn(C)n3)s2)CC1. The van der Waals surface area contributed by atoms with Gasteiger partial charge in [-0.25, -0.2) is 15.0 Å². The maximum Gasteiger partial charge on any atom is 0.235 e. The van der Waals surface area contributed by atoms with E-state index in [2.05, 4.69) is 31.4 Å². The number of nitrogens with zero attached hydrogens (tertiary/aromatic N) is 9.